The van der Waals surface area contributed by atoms with Gasteiger partial charge in [-0.15, -0.1) is 0 Å². The van der Waals surface area contributed by atoms with Gasteiger partial charge in [0.15, 0.2) is 19.7 Å². The minimum absolute atomic E-state index is 0.300. The van der Waals surface area contributed by atoms with Crippen molar-refractivity contribution in [3.63, 3.8) is 0 Å². The number of alkyl halides is 2. The number of carboxylic acid groups (broad SMARTS) is 2. The van der Waals surface area contributed by atoms with Gasteiger partial charge in [-0.2, -0.15) is 0 Å². The molecule has 23 heavy (non-hydrogen) atoms. The predicted octanol–water partition coefficient (Wildman–Crippen LogP) is 0.224. The molecule has 0 aromatic rings. The average Bonchev–Trinajstić information content (AvgIpc) is 2.36. The van der Waals surface area contributed by atoms with Gasteiger partial charge in [-0.1, -0.05) is 31.9 Å². The van der Waals surface area contributed by atoms with Crippen LogP contribution in [0.2, 0.25) is 0 Å². The standard InChI is InChI=1S/C10H16Br2O9S2/c11-7(5-9(13)14)22(17,18)3-1-21-2-4-23(19,20)8(12)6-10(15)16/h7-8H,1-6H2,(H,13,14)(H,15,16). The monoisotopic (exact) mass is 502 g/mol. The second kappa shape index (κ2) is 9.91. The zero-order valence-electron chi connectivity index (χ0n) is 11.7. The van der Waals surface area contributed by atoms with Crippen molar-refractivity contribution >= 4 is 63.5 Å². The van der Waals surface area contributed by atoms with E-state index in [0.717, 1.165) is 0 Å². The van der Waals surface area contributed by atoms with Crippen LogP contribution in [0, 0.1) is 0 Å². The fraction of sp³-hybridized carbons (Fsp3) is 0.800. The molecule has 0 amide bonds. The quantitative estimate of drug-likeness (QED) is 0.281. The Morgan fingerprint density at radius 3 is 1.39 bits per heavy atom. The molecule has 9 nitrogen and oxygen atoms in total. The van der Waals surface area contributed by atoms with E-state index in [2.05, 4.69) is 31.9 Å². The summed E-state index contributed by atoms with van der Waals surface area (Å²) in [7, 11) is -7.46. The minimum atomic E-state index is -3.73. The number of rotatable bonds is 12. The number of hydrogen-bond acceptors (Lipinski definition) is 7. The van der Waals surface area contributed by atoms with E-state index in [1.54, 1.807) is 0 Å². The molecule has 13 heteroatoms. The van der Waals surface area contributed by atoms with Crippen molar-refractivity contribution in [1.29, 1.82) is 0 Å². The van der Waals surface area contributed by atoms with Crippen LogP contribution < -0.4 is 0 Å². The second-order valence-electron chi connectivity index (χ2n) is 4.36. The van der Waals surface area contributed by atoms with E-state index >= 15 is 0 Å². The van der Waals surface area contributed by atoms with E-state index in [9.17, 15) is 26.4 Å². The minimum Gasteiger partial charge on any atom is -0.481 e. The summed E-state index contributed by atoms with van der Waals surface area (Å²) in [5, 5.41) is 17.0. The summed E-state index contributed by atoms with van der Waals surface area (Å²) in [6, 6.07) is 0. The number of halogens is 2. The van der Waals surface area contributed by atoms with Crippen LogP contribution in [0.5, 0.6) is 0 Å². The van der Waals surface area contributed by atoms with Crippen LogP contribution in [0.1, 0.15) is 12.8 Å². The molecule has 0 saturated carbocycles. The molecule has 0 heterocycles. The van der Waals surface area contributed by atoms with Crippen LogP contribution in [-0.2, 0) is 34.0 Å². The summed E-state index contributed by atoms with van der Waals surface area (Å²) in [4.78, 5) is 20.9. The number of carbonyl (C=O) groups is 2. The maximum atomic E-state index is 11.7. The van der Waals surface area contributed by atoms with Crippen molar-refractivity contribution in [2.45, 2.75) is 21.2 Å². The lowest BCUT2D eigenvalue weighted by molar-refractivity contribution is -0.137. The first-order chi connectivity index (χ1) is 10.4. The maximum Gasteiger partial charge on any atom is 0.305 e. The first-order valence-electron chi connectivity index (χ1n) is 6.11. The topological polar surface area (TPSA) is 152 Å². The summed E-state index contributed by atoms with van der Waals surface area (Å²) in [5.41, 5.74) is 0. The van der Waals surface area contributed by atoms with Crippen molar-refractivity contribution in [3.8, 4) is 0 Å². The zero-order chi connectivity index (χ0) is 18.3. The Morgan fingerprint density at radius 1 is 0.826 bits per heavy atom. The summed E-state index contributed by atoms with van der Waals surface area (Å²) in [6.45, 7) is -0.600. The van der Waals surface area contributed by atoms with Gasteiger partial charge in [0, 0.05) is 0 Å². The fourth-order valence-corrected chi connectivity index (χ4v) is 4.92. The molecule has 0 saturated heterocycles. The lowest BCUT2D eigenvalue weighted by atomic mass is 10.5. The Bertz CT molecular complexity index is 560. The van der Waals surface area contributed by atoms with Crippen molar-refractivity contribution in [3.05, 3.63) is 0 Å². The molecule has 0 bridgehead atoms. The zero-order valence-corrected chi connectivity index (χ0v) is 16.5. The number of carboxylic acids is 2. The first kappa shape index (κ1) is 22.8. The predicted molar refractivity (Wildman–Crippen MR) is 88.3 cm³/mol. The highest BCUT2D eigenvalue weighted by Gasteiger charge is 2.26. The lowest BCUT2D eigenvalue weighted by Gasteiger charge is -2.11. The van der Waals surface area contributed by atoms with Crippen molar-refractivity contribution in [1.82, 2.24) is 0 Å². The number of hydrogen-bond donors (Lipinski definition) is 2. The maximum absolute atomic E-state index is 11.7. The van der Waals surface area contributed by atoms with E-state index in [1.807, 2.05) is 0 Å². The van der Waals surface area contributed by atoms with Crippen LogP contribution >= 0.6 is 31.9 Å². The molecular formula is C10H16Br2O9S2. The fourth-order valence-electron chi connectivity index (χ4n) is 1.24. The van der Waals surface area contributed by atoms with Gasteiger partial charge in [0.2, 0.25) is 0 Å². The smallest absolute Gasteiger partial charge is 0.305 e. The second-order valence-corrected chi connectivity index (χ2v) is 12.4. The summed E-state index contributed by atoms with van der Waals surface area (Å²) < 4.78 is 49.1. The van der Waals surface area contributed by atoms with E-state index in [4.69, 9.17) is 14.9 Å². The Kier molecular flexibility index (Phi) is 9.81. The normalized spacial score (nSPS) is 15.0. The van der Waals surface area contributed by atoms with Crippen molar-refractivity contribution < 1.29 is 41.4 Å². The van der Waals surface area contributed by atoms with Crippen molar-refractivity contribution in [2.75, 3.05) is 24.7 Å². The van der Waals surface area contributed by atoms with Gasteiger partial charge in [-0.05, 0) is 0 Å². The first-order valence-corrected chi connectivity index (χ1v) is 11.4. The molecule has 2 atom stereocenters. The third-order valence-electron chi connectivity index (χ3n) is 2.47. The molecule has 0 aromatic carbocycles. The third kappa shape index (κ3) is 9.59. The average molecular weight is 504 g/mol. The van der Waals surface area contributed by atoms with Gasteiger partial charge in [0.25, 0.3) is 0 Å². The Balaban J connectivity index is 4.23. The molecule has 136 valence electrons. The molecule has 0 spiro atoms. The molecule has 2 N–H and O–H groups in total. The molecule has 2 unspecified atom stereocenters. The molecule has 0 aliphatic carbocycles. The number of aliphatic carboxylic acids is 2. The summed E-state index contributed by atoms with van der Waals surface area (Å²) >= 11 is 5.52. The van der Waals surface area contributed by atoms with Gasteiger partial charge in [0.1, 0.15) is 8.32 Å². The highest BCUT2D eigenvalue weighted by atomic mass is 79.9. The van der Waals surface area contributed by atoms with Gasteiger partial charge in [-0.3, -0.25) is 9.59 Å². The van der Waals surface area contributed by atoms with Crippen LogP contribution in [-0.4, -0.2) is 72.0 Å². The molecule has 0 aromatic heterocycles. The summed E-state index contributed by atoms with van der Waals surface area (Å²) in [5.74, 6) is -3.49. The van der Waals surface area contributed by atoms with E-state index < -0.39 is 64.3 Å². The van der Waals surface area contributed by atoms with Crippen LogP contribution in [0.4, 0.5) is 0 Å². The van der Waals surface area contributed by atoms with E-state index in [0.29, 0.717) is 0 Å². The van der Waals surface area contributed by atoms with Gasteiger partial charge < -0.3 is 14.9 Å². The molecule has 0 aliphatic heterocycles. The number of sulfone groups is 2. The van der Waals surface area contributed by atoms with E-state index in [-0.39, 0.29) is 13.2 Å². The third-order valence-corrected chi connectivity index (χ3v) is 9.90. The van der Waals surface area contributed by atoms with Gasteiger partial charge >= 0.3 is 11.9 Å². The van der Waals surface area contributed by atoms with Crippen LogP contribution in [0.3, 0.4) is 0 Å². The van der Waals surface area contributed by atoms with Crippen molar-refractivity contribution in [2.24, 2.45) is 0 Å². The Labute approximate surface area is 150 Å². The molecule has 0 rings (SSSR count). The summed E-state index contributed by atoms with van der Waals surface area (Å²) in [6.07, 6.45) is -1.20. The highest BCUT2D eigenvalue weighted by Crippen LogP contribution is 2.16. The molecule has 0 radical (unpaired) electrons. The SMILES string of the molecule is O=C(O)CC(Br)S(=O)(=O)CCOCCS(=O)(=O)C(Br)CC(=O)O. The van der Waals surface area contributed by atoms with Gasteiger partial charge in [0.05, 0.1) is 37.6 Å². The Hall–Kier alpha value is -0.240. The van der Waals surface area contributed by atoms with Gasteiger partial charge in [-0.25, -0.2) is 16.8 Å². The lowest BCUT2D eigenvalue weighted by Crippen LogP contribution is -2.26. The largest absolute Gasteiger partial charge is 0.481 e. The van der Waals surface area contributed by atoms with Crippen LogP contribution in [0.25, 0.3) is 0 Å². The Morgan fingerprint density at radius 2 is 1.13 bits per heavy atom. The number of ether oxygens (including phenoxy) is 1. The molecule has 0 aliphatic rings. The highest BCUT2D eigenvalue weighted by molar-refractivity contribution is 9.11. The van der Waals surface area contributed by atoms with E-state index in [1.165, 1.54) is 0 Å². The molecule has 0 fully saturated rings. The van der Waals surface area contributed by atoms with Crippen LogP contribution in [0.15, 0.2) is 0 Å². The molecular weight excluding hydrogens is 488 g/mol.